The van der Waals surface area contributed by atoms with Gasteiger partial charge in [0, 0.05) is 22.2 Å². The SMILES string of the molecule is CCCc1c(-c2ccc(-c3ccc(N(c4ccc5c(c4)C(C)(C)c4cc(-c6ccccc6)ccc4-5)c4cc5ccccc5c5ccccc45)cc3)cc2)cccc1-c1ccccc1C. The van der Waals surface area contributed by atoms with Crippen LogP contribution in [0.5, 0.6) is 0 Å². The molecule has 0 saturated carbocycles. The second-order valence-corrected chi connectivity index (χ2v) is 18.0. The summed E-state index contributed by atoms with van der Waals surface area (Å²) in [6.45, 7) is 9.27. The van der Waals surface area contributed by atoms with Crippen LogP contribution in [0.3, 0.4) is 0 Å². The molecule has 0 bridgehead atoms. The quantitative estimate of drug-likeness (QED) is 0.131. The molecule has 0 atom stereocenters. The van der Waals surface area contributed by atoms with E-state index in [0.29, 0.717) is 0 Å². The van der Waals surface area contributed by atoms with Crippen LogP contribution in [0, 0.1) is 6.92 Å². The van der Waals surface area contributed by atoms with Crippen molar-refractivity contribution < 1.29 is 0 Å². The molecule has 0 amide bonds. The lowest BCUT2D eigenvalue weighted by molar-refractivity contribution is 0.660. The van der Waals surface area contributed by atoms with Crippen molar-refractivity contribution in [2.45, 2.75) is 46.0 Å². The maximum absolute atomic E-state index is 2.48. The summed E-state index contributed by atoms with van der Waals surface area (Å²) in [7, 11) is 0. The van der Waals surface area contributed by atoms with Gasteiger partial charge < -0.3 is 4.90 Å². The molecule has 0 fully saturated rings. The molecule has 1 heteroatoms. The Hall–Kier alpha value is -7.48. The van der Waals surface area contributed by atoms with Gasteiger partial charge in [0.15, 0.2) is 0 Å². The minimum absolute atomic E-state index is 0.183. The van der Waals surface area contributed by atoms with Crippen LogP contribution < -0.4 is 4.90 Å². The molecule has 11 rings (SSSR count). The number of benzene rings is 10. The molecule has 10 aromatic carbocycles. The number of rotatable bonds is 9. The summed E-state index contributed by atoms with van der Waals surface area (Å²) in [5.74, 6) is 0. The third kappa shape index (κ3) is 6.71. The van der Waals surface area contributed by atoms with Crippen LogP contribution in [-0.2, 0) is 11.8 Å². The van der Waals surface area contributed by atoms with Gasteiger partial charge in [0.25, 0.3) is 0 Å². The molecular formula is C63H51N. The maximum Gasteiger partial charge on any atom is 0.0546 e. The first kappa shape index (κ1) is 39.4. The zero-order valence-corrected chi connectivity index (χ0v) is 37.1. The van der Waals surface area contributed by atoms with Crippen molar-refractivity contribution in [3.05, 3.63) is 235 Å². The van der Waals surface area contributed by atoms with Gasteiger partial charge in [-0.15, -0.1) is 0 Å². The summed E-state index contributed by atoms with van der Waals surface area (Å²) < 4.78 is 0. The Morgan fingerprint density at radius 3 is 1.69 bits per heavy atom. The third-order valence-electron chi connectivity index (χ3n) is 13.8. The molecule has 1 aliphatic rings. The van der Waals surface area contributed by atoms with E-state index in [1.807, 2.05) is 0 Å². The van der Waals surface area contributed by atoms with Gasteiger partial charge in [0.2, 0.25) is 0 Å². The van der Waals surface area contributed by atoms with Crippen molar-refractivity contribution in [3.63, 3.8) is 0 Å². The molecule has 0 saturated heterocycles. The number of hydrogen-bond acceptors (Lipinski definition) is 1. The van der Waals surface area contributed by atoms with Crippen LogP contribution in [0.15, 0.2) is 212 Å². The van der Waals surface area contributed by atoms with Gasteiger partial charge in [0.1, 0.15) is 0 Å². The van der Waals surface area contributed by atoms with E-state index >= 15 is 0 Å². The van der Waals surface area contributed by atoms with Crippen LogP contribution in [0.1, 0.15) is 49.4 Å². The summed E-state index contributed by atoms with van der Waals surface area (Å²) in [6, 6.07) is 78.9. The van der Waals surface area contributed by atoms with Crippen LogP contribution in [0.4, 0.5) is 17.1 Å². The first-order valence-electron chi connectivity index (χ1n) is 22.8. The van der Waals surface area contributed by atoms with Gasteiger partial charge in [-0.25, -0.2) is 0 Å². The molecule has 10 aromatic rings. The minimum atomic E-state index is -0.183. The lowest BCUT2D eigenvalue weighted by Crippen LogP contribution is -2.17. The Labute approximate surface area is 378 Å². The van der Waals surface area contributed by atoms with Gasteiger partial charge >= 0.3 is 0 Å². The van der Waals surface area contributed by atoms with Crippen molar-refractivity contribution in [1.82, 2.24) is 0 Å². The van der Waals surface area contributed by atoms with E-state index in [2.05, 4.69) is 245 Å². The largest absolute Gasteiger partial charge is 0.310 e. The lowest BCUT2D eigenvalue weighted by Gasteiger charge is -2.29. The van der Waals surface area contributed by atoms with Gasteiger partial charge in [-0.1, -0.05) is 203 Å². The molecule has 0 heterocycles. The van der Waals surface area contributed by atoms with Gasteiger partial charge in [0.05, 0.1) is 5.69 Å². The van der Waals surface area contributed by atoms with E-state index in [0.717, 1.165) is 24.2 Å². The van der Waals surface area contributed by atoms with Crippen LogP contribution in [0.25, 0.3) is 77.2 Å². The highest BCUT2D eigenvalue weighted by Gasteiger charge is 2.36. The van der Waals surface area contributed by atoms with E-state index in [9.17, 15) is 0 Å². The number of anilines is 3. The topological polar surface area (TPSA) is 3.24 Å². The number of hydrogen-bond donors (Lipinski definition) is 0. The zero-order chi connectivity index (χ0) is 43.4. The van der Waals surface area contributed by atoms with Gasteiger partial charge in [-0.05, 0) is 144 Å². The van der Waals surface area contributed by atoms with Crippen molar-refractivity contribution in [2.75, 3.05) is 4.90 Å². The fourth-order valence-corrected chi connectivity index (χ4v) is 10.5. The molecule has 64 heavy (non-hydrogen) atoms. The molecular weight excluding hydrogens is 771 g/mol. The van der Waals surface area contributed by atoms with Crippen LogP contribution in [0.2, 0.25) is 0 Å². The fraction of sp³-hybridized carbons (Fsp3) is 0.111. The summed E-state index contributed by atoms with van der Waals surface area (Å²) in [4.78, 5) is 2.48. The molecule has 0 aromatic heterocycles. The smallest absolute Gasteiger partial charge is 0.0546 e. The van der Waals surface area contributed by atoms with E-state index in [-0.39, 0.29) is 5.41 Å². The van der Waals surface area contributed by atoms with Crippen molar-refractivity contribution >= 4 is 38.6 Å². The zero-order valence-electron chi connectivity index (χ0n) is 37.1. The summed E-state index contributed by atoms with van der Waals surface area (Å²) in [6.07, 6.45) is 2.13. The monoisotopic (exact) mass is 821 g/mol. The van der Waals surface area contributed by atoms with E-state index in [4.69, 9.17) is 0 Å². The number of nitrogens with zero attached hydrogens (tertiary/aromatic N) is 1. The maximum atomic E-state index is 2.48. The molecule has 0 N–H and O–H groups in total. The standard InChI is InChI=1S/C63H51N/c1-5-16-54-52(25-15-26-55(54)51-21-11-9-17-42(51)2)46-29-27-44(28-30-46)45-31-34-49(35-32-45)64(62-40-48-20-10-12-22-53(48)56-23-13-14-24-59(56)62)50-36-38-58-57-37-33-47(43-18-7-6-8-19-43)39-60(57)63(3,4)61(58)41-50/h6-15,17-41H,5,16H2,1-4H3. The predicted octanol–water partition coefficient (Wildman–Crippen LogP) is 17.7. The molecule has 0 unspecified atom stereocenters. The minimum Gasteiger partial charge on any atom is -0.310 e. The highest BCUT2D eigenvalue weighted by molar-refractivity contribution is 6.14. The molecule has 0 aliphatic heterocycles. The third-order valence-corrected chi connectivity index (χ3v) is 13.8. The molecule has 1 nitrogen and oxygen atoms in total. The molecule has 0 radical (unpaired) electrons. The molecule has 1 aliphatic carbocycles. The predicted molar refractivity (Wildman–Crippen MR) is 274 cm³/mol. The van der Waals surface area contributed by atoms with Crippen LogP contribution >= 0.6 is 0 Å². The van der Waals surface area contributed by atoms with E-state index < -0.39 is 0 Å². The Morgan fingerprint density at radius 2 is 0.938 bits per heavy atom. The van der Waals surface area contributed by atoms with Gasteiger partial charge in [-0.2, -0.15) is 0 Å². The van der Waals surface area contributed by atoms with Crippen molar-refractivity contribution in [3.8, 4) is 55.6 Å². The fourth-order valence-electron chi connectivity index (χ4n) is 10.5. The first-order valence-corrected chi connectivity index (χ1v) is 22.8. The van der Waals surface area contributed by atoms with Crippen LogP contribution in [-0.4, -0.2) is 0 Å². The molecule has 308 valence electrons. The Bertz CT molecular complexity index is 3350. The second kappa shape index (κ2) is 16.0. The summed E-state index contributed by atoms with van der Waals surface area (Å²) in [5, 5.41) is 4.98. The normalized spacial score (nSPS) is 12.6. The summed E-state index contributed by atoms with van der Waals surface area (Å²) >= 11 is 0. The highest BCUT2D eigenvalue weighted by Crippen LogP contribution is 2.52. The Kier molecular flexibility index (Phi) is 9.85. The van der Waals surface area contributed by atoms with E-state index in [1.165, 1.54) is 105 Å². The Balaban J connectivity index is 0.997. The molecule has 0 spiro atoms. The average Bonchev–Trinajstić information content (AvgIpc) is 3.57. The van der Waals surface area contributed by atoms with Crippen molar-refractivity contribution in [2.24, 2.45) is 0 Å². The second-order valence-electron chi connectivity index (χ2n) is 18.0. The Morgan fingerprint density at radius 1 is 0.391 bits per heavy atom. The summed E-state index contributed by atoms with van der Waals surface area (Å²) in [5.41, 5.74) is 21.5. The van der Waals surface area contributed by atoms with Gasteiger partial charge in [-0.3, -0.25) is 0 Å². The number of fused-ring (bicyclic) bond motifs is 6. The first-order chi connectivity index (χ1) is 31.4. The average molecular weight is 822 g/mol. The van der Waals surface area contributed by atoms with Crippen molar-refractivity contribution in [1.29, 1.82) is 0 Å². The van der Waals surface area contributed by atoms with E-state index in [1.54, 1.807) is 0 Å². The highest BCUT2D eigenvalue weighted by atomic mass is 15.1. The number of aryl methyl sites for hydroxylation is 1. The lowest BCUT2D eigenvalue weighted by atomic mass is 9.81.